The first-order chi connectivity index (χ1) is 4.79. The Morgan fingerprint density at radius 3 is 2.40 bits per heavy atom. The van der Waals surface area contributed by atoms with E-state index >= 15 is 0 Å². The van der Waals surface area contributed by atoms with Crippen molar-refractivity contribution < 1.29 is 4.74 Å². The number of ether oxygens (including phenoxy) is 1. The molecule has 0 spiro atoms. The summed E-state index contributed by atoms with van der Waals surface area (Å²) < 4.78 is 5.16. The van der Waals surface area contributed by atoms with Crippen molar-refractivity contribution in [3.63, 3.8) is 0 Å². The normalized spacial score (nSPS) is 21.9. The highest BCUT2D eigenvalue weighted by Crippen LogP contribution is 1.94. The highest BCUT2D eigenvalue weighted by molar-refractivity contribution is 4.65. The Hall–Kier alpha value is -0.160. The summed E-state index contributed by atoms with van der Waals surface area (Å²) in [6.45, 7) is 4.33. The number of hydrogen-bond acceptors (Lipinski definition) is 4. The van der Waals surface area contributed by atoms with Gasteiger partial charge in [-0.05, 0) is 0 Å². The van der Waals surface area contributed by atoms with Gasteiger partial charge in [-0.15, -0.1) is 0 Å². The molecule has 0 aromatic rings. The molecule has 0 aromatic heterocycles. The van der Waals surface area contributed by atoms with Gasteiger partial charge >= 0.3 is 0 Å². The Bertz CT molecular complexity index is 91.0. The van der Waals surface area contributed by atoms with Crippen LogP contribution in [-0.2, 0) is 4.74 Å². The summed E-state index contributed by atoms with van der Waals surface area (Å²) in [6.07, 6.45) is -0.210. The van der Waals surface area contributed by atoms with Gasteiger partial charge in [-0.2, -0.15) is 0 Å². The first-order valence-corrected chi connectivity index (χ1v) is 3.60. The topological polar surface area (TPSA) is 64.5 Å². The second-order valence-corrected chi connectivity index (χ2v) is 2.58. The van der Waals surface area contributed by atoms with Crippen LogP contribution in [0.1, 0.15) is 0 Å². The van der Waals surface area contributed by atoms with Crippen molar-refractivity contribution in [2.75, 3.05) is 32.8 Å². The molecule has 0 atom stereocenters. The van der Waals surface area contributed by atoms with E-state index in [-0.39, 0.29) is 6.17 Å². The first kappa shape index (κ1) is 7.94. The molecule has 1 aliphatic rings. The number of hydrogen-bond donors (Lipinski definition) is 2. The molecule has 0 saturated carbocycles. The summed E-state index contributed by atoms with van der Waals surface area (Å²) in [5, 5.41) is 0. The predicted octanol–water partition coefficient (Wildman–Crippen LogP) is -1.44. The minimum atomic E-state index is -0.210. The molecule has 0 amide bonds. The van der Waals surface area contributed by atoms with Crippen LogP contribution in [0.3, 0.4) is 0 Å². The van der Waals surface area contributed by atoms with Crippen LogP contribution < -0.4 is 11.5 Å². The second-order valence-electron chi connectivity index (χ2n) is 2.58. The third-order valence-electron chi connectivity index (χ3n) is 1.57. The van der Waals surface area contributed by atoms with Gasteiger partial charge in [0.15, 0.2) is 0 Å². The zero-order valence-electron chi connectivity index (χ0n) is 6.12. The van der Waals surface area contributed by atoms with Crippen molar-refractivity contribution in [3.05, 3.63) is 0 Å². The van der Waals surface area contributed by atoms with Crippen molar-refractivity contribution in [2.24, 2.45) is 11.5 Å². The Morgan fingerprint density at radius 1 is 1.30 bits per heavy atom. The molecule has 0 unspecified atom stereocenters. The van der Waals surface area contributed by atoms with Gasteiger partial charge in [-0.25, -0.2) is 0 Å². The molecule has 1 saturated heterocycles. The maximum Gasteiger partial charge on any atom is 0.0652 e. The molecule has 4 nitrogen and oxygen atoms in total. The van der Waals surface area contributed by atoms with E-state index in [0.717, 1.165) is 32.8 Å². The maximum atomic E-state index is 5.42. The van der Waals surface area contributed by atoms with E-state index in [4.69, 9.17) is 16.2 Å². The summed E-state index contributed by atoms with van der Waals surface area (Å²) in [5.41, 5.74) is 10.8. The summed E-state index contributed by atoms with van der Waals surface area (Å²) in [4.78, 5) is 2.22. The van der Waals surface area contributed by atoms with Crippen molar-refractivity contribution in [2.45, 2.75) is 6.17 Å². The lowest BCUT2D eigenvalue weighted by Crippen LogP contribution is -2.47. The van der Waals surface area contributed by atoms with E-state index in [1.54, 1.807) is 0 Å². The molecule has 0 bridgehead atoms. The number of morpholine rings is 1. The van der Waals surface area contributed by atoms with Gasteiger partial charge < -0.3 is 16.2 Å². The highest BCUT2D eigenvalue weighted by atomic mass is 16.5. The van der Waals surface area contributed by atoms with Gasteiger partial charge in [-0.1, -0.05) is 0 Å². The molecule has 4 heteroatoms. The van der Waals surface area contributed by atoms with Crippen molar-refractivity contribution >= 4 is 0 Å². The number of nitrogens with zero attached hydrogens (tertiary/aromatic N) is 1. The quantitative estimate of drug-likeness (QED) is 0.467. The van der Waals surface area contributed by atoms with E-state index in [9.17, 15) is 0 Å². The summed E-state index contributed by atoms with van der Waals surface area (Å²) in [7, 11) is 0. The van der Waals surface area contributed by atoms with Gasteiger partial charge in [0.2, 0.25) is 0 Å². The molecule has 60 valence electrons. The molecule has 0 radical (unpaired) electrons. The van der Waals surface area contributed by atoms with Crippen molar-refractivity contribution in [3.8, 4) is 0 Å². The standard InChI is InChI=1S/C6H15N3O/c7-6(8)5-9-1-3-10-4-2-9/h6H,1-5,7-8H2. The lowest BCUT2D eigenvalue weighted by molar-refractivity contribution is 0.0356. The van der Waals surface area contributed by atoms with Gasteiger partial charge in [-0.3, -0.25) is 4.90 Å². The molecule has 1 aliphatic heterocycles. The van der Waals surface area contributed by atoms with Gasteiger partial charge in [0.25, 0.3) is 0 Å². The third kappa shape index (κ3) is 2.62. The molecule has 0 aromatic carbocycles. The molecular formula is C6H15N3O. The van der Waals surface area contributed by atoms with E-state index in [2.05, 4.69) is 4.90 Å². The molecule has 1 rings (SSSR count). The SMILES string of the molecule is NC(N)CN1CCOCC1. The monoisotopic (exact) mass is 145 g/mol. The fraction of sp³-hybridized carbons (Fsp3) is 1.00. The molecule has 4 N–H and O–H groups in total. The molecule has 0 aliphatic carbocycles. The van der Waals surface area contributed by atoms with Crippen LogP contribution in [0.25, 0.3) is 0 Å². The van der Waals surface area contributed by atoms with Crippen LogP contribution in [0.5, 0.6) is 0 Å². The minimum Gasteiger partial charge on any atom is -0.379 e. The average molecular weight is 145 g/mol. The van der Waals surface area contributed by atoms with E-state index in [1.165, 1.54) is 0 Å². The first-order valence-electron chi connectivity index (χ1n) is 3.60. The Labute approximate surface area is 61.1 Å². The van der Waals surface area contributed by atoms with E-state index in [1.807, 2.05) is 0 Å². The fourth-order valence-corrected chi connectivity index (χ4v) is 1.08. The lowest BCUT2D eigenvalue weighted by atomic mass is 10.4. The maximum absolute atomic E-state index is 5.42. The van der Waals surface area contributed by atoms with Gasteiger partial charge in [0.1, 0.15) is 0 Å². The zero-order valence-corrected chi connectivity index (χ0v) is 6.12. The fourth-order valence-electron chi connectivity index (χ4n) is 1.08. The second kappa shape index (κ2) is 3.88. The van der Waals surface area contributed by atoms with Gasteiger partial charge in [0.05, 0.1) is 19.4 Å². The Kier molecular flexibility index (Phi) is 3.08. The number of rotatable bonds is 2. The van der Waals surface area contributed by atoms with Crippen molar-refractivity contribution in [1.29, 1.82) is 0 Å². The summed E-state index contributed by atoms with van der Waals surface area (Å²) >= 11 is 0. The molecular weight excluding hydrogens is 130 g/mol. The zero-order chi connectivity index (χ0) is 7.40. The lowest BCUT2D eigenvalue weighted by Gasteiger charge is -2.27. The smallest absolute Gasteiger partial charge is 0.0652 e. The largest absolute Gasteiger partial charge is 0.379 e. The van der Waals surface area contributed by atoms with Crippen molar-refractivity contribution in [1.82, 2.24) is 4.90 Å². The number of nitrogens with two attached hydrogens (primary N) is 2. The van der Waals surface area contributed by atoms with Crippen LogP contribution in [0, 0.1) is 0 Å². The summed E-state index contributed by atoms with van der Waals surface area (Å²) in [6, 6.07) is 0. The van der Waals surface area contributed by atoms with Crippen LogP contribution in [0.15, 0.2) is 0 Å². The van der Waals surface area contributed by atoms with Crippen LogP contribution >= 0.6 is 0 Å². The summed E-state index contributed by atoms with van der Waals surface area (Å²) in [5.74, 6) is 0. The molecule has 1 heterocycles. The third-order valence-corrected chi connectivity index (χ3v) is 1.57. The predicted molar refractivity (Wildman–Crippen MR) is 39.4 cm³/mol. The molecule has 10 heavy (non-hydrogen) atoms. The van der Waals surface area contributed by atoms with Crippen LogP contribution in [0.2, 0.25) is 0 Å². The average Bonchev–Trinajstić information content (AvgIpc) is 1.88. The van der Waals surface area contributed by atoms with Gasteiger partial charge in [0, 0.05) is 19.6 Å². The highest BCUT2D eigenvalue weighted by Gasteiger charge is 2.10. The van der Waals surface area contributed by atoms with Crippen LogP contribution in [0.4, 0.5) is 0 Å². The Morgan fingerprint density at radius 2 is 1.90 bits per heavy atom. The minimum absolute atomic E-state index is 0.210. The van der Waals surface area contributed by atoms with E-state index in [0.29, 0.717) is 0 Å². The Balaban J connectivity index is 2.13. The molecule has 1 fully saturated rings. The van der Waals surface area contributed by atoms with E-state index < -0.39 is 0 Å². The van der Waals surface area contributed by atoms with Crippen LogP contribution in [-0.4, -0.2) is 43.9 Å².